The fraction of sp³-hybridized carbons (Fsp3) is 0.263. The van der Waals surface area contributed by atoms with Gasteiger partial charge in [-0.25, -0.2) is 14.0 Å². The van der Waals surface area contributed by atoms with Gasteiger partial charge < -0.3 is 9.47 Å². The Bertz CT molecular complexity index is 708. The first-order valence-corrected chi connectivity index (χ1v) is 7.64. The normalized spacial score (nSPS) is 10.5. The van der Waals surface area contributed by atoms with Crippen molar-refractivity contribution < 1.29 is 23.5 Å². The van der Waals surface area contributed by atoms with Crippen LogP contribution in [0.15, 0.2) is 48.5 Å². The average molecular weight is 330 g/mol. The highest BCUT2D eigenvalue weighted by atomic mass is 19.1. The summed E-state index contributed by atoms with van der Waals surface area (Å²) < 4.78 is 23.3. The Labute approximate surface area is 140 Å². The minimum absolute atomic E-state index is 0.0191. The number of carbonyl (C=O) groups excluding carboxylic acids is 2. The highest BCUT2D eigenvalue weighted by Gasteiger charge is 2.11. The third kappa shape index (κ3) is 5.19. The number of hydrogen-bond acceptors (Lipinski definition) is 4. The van der Waals surface area contributed by atoms with Gasteiger partial charge in [-0.2, -0.15) is 0 Å². The van der Waals surface area contributed by atoms with Crippen LogP contribution in [0.3, 0.4) is 0 Å². The lowest BCUT2D eigenvalue weighted by molar-refractivity contribution is 0.0450. The van der Waals surface area contributed by atoms with Crippen molar-refractivity contribution in [1.82, 2.24) is 0 Å². The Hall–Kier alpha value is -2.69. The second-order valence-electron chi connectivity index (χ2n) is 5.78. The summed E-state index contributed by atoms with van der Waals surface area (Å²) in [6.07, 6.45) is 0. The topological polar surface area (TPSA) is 52.6 Å². The molecule has 2 aromatic rings. The summed E-state index contributed by atoms with van der Waals surface area (Å²) in [4.78, 5) is 23.8. The van der Waals surface area contributed by atoms with Gasteiger partial charge in [0.25, 0.3) is 0 Å². The largest absolute Gasteiger partial charge is 0.462 e. The fourth-order valence-corrected chi connectivity index (χ4v) is 1.93. The zero-order valence-corrected chi connectivity index (χ0v) is 13.6. The molecule has 0 fully saturated rings. The number of hydrogen-bond donors (Lipinski definition) is 0. The van der Waals surface area contributed by atoms with E-state index in [0.29, 0.717) is 23.3 Å². The van der Waals surface area contributed by atoms with Crippen molar-refractivity contribution in [1.29, 1.82) is 0 Å². The third-order valence-corrected chi connectivity index (χ3v) is 3.16. The number of carbonyl (C=O) groups is 2. The van der Waals surface area contributed by atoms with E-state index in [-0.39, 0.29) is 18.3 Å². The van der Waals surface area contributed by atoms with Gasteiger partial charge in [0, 0.05) is 0 Å². The van der Waals surface area contributed by atoms with Gasteiger partial charge in [0.1, 0.15) is 12.4 Å². The van der Waals surface area contributed by atoms with Crippen molar-refractivity contribution in [3.05, 3.63) is 71.0 Å². The molecular formula is C19H19FO4. The molecule has 0 atom stereocenters. The van der Waals surface area contributed by atoms with Crippen LogP contribution in [-0.2, 0) is 16.1 Å². The number of halogens is 1. The van der Waals surface area contributed by atoms with Crippen molar-refractivity contribution in [2.24, 2.45) is 5.92 Å². The molecule has 4 nitrogen and oxygen atoms in total. The SMILES string of the molecule is CC(C)COC(=O)c1ccc(C(=O)OCc2cccc(F)c2)cc1. The summed E-state index contributed by atoms with van der Waals surface area (Å²) in [5, 5.41) is 0. The van der Waals surface area contributed by atoms with Gasteiger partial charge in [-0.15, -0.1) is 0 Å². The van der Waals surface area contributed by atoms with Crippen molar-refractivity contribution in [3.8, 4) is 0 Å². The van der Waals surface area contributed by atoms with Gasteiger partial charge in [-0.3, -0.25) is 0 Å². The van der Waals surface area contributed by atoms with Crippen LogP contribution >= 0.6 is 0 Å². The summed E-state index contributed by atoms with van der Waals surface area (Å²) >= 11 is 0. The standard InChI is InChI=1S/C19H19FO4/c1-13(2)11-23-18(21)15-6-8-16(9-7-15)19(22)24-12-14-4-3-5-17(20)10-14/h3-10,13H,11-12H2,1-2H3. The molecule has 0 radical (unpaired) electrons. The van der Waals surface area contributed by atoms with Gasteiger partial charge in [0.2, 0.25) is 0 Å². The van der Waals surface area contributed by atoms with Gasteiger partial charge in [0.05, 0.1) is 17.7 Å². The Kier molecular flexibility index (Phi) is 6.07. The molecule has 0 N–H and O–H groups in total. The van der Waals surface area contributed by atoms with E-state index in [2.05, 4.69) is 0 Å². The minimum atomic E-state index is -0.540. The lowest BCUT2D eigenvalue weighted by atomic mass is 10.1. The highest BCUT2D eigenvalue weighted by Crippen LogP contribution is 2.11. The molecule has 2 aromatic carbocycles. The molecule has 126 valence electrons. The zero-order chi connectivity index (χ0) is 17.5. The lowest BCUT2D eigenvalue weighted by Gasteiger charge is -2.08. The minimum Gasteiger partial charge on any atom is -0.462 e. The molecule has 0 amide bonds. The molecule has 0 aliphatic heterocycles. The van der Waals surface area contributed by atoms with Crippen molar-refractivity contribution >= 4 is 11.9 Å². The molecule has 0 aromatic heterocycles. The molecule has 0 aliphatic carbocycles. The van der Waals surface area contributed by atoms with Crippen LogP contribution < -0.4 is 0 Å². The van der Waals surface area contributed by atoms with Crippen LogP contribution in [0.2, 0.25) is 0 Å². The van der Waals surface area contributed by atoms with E-state index < -0.39 is 11.9 Å². The second kappa shape index (κ2) is 8.24. The highest BCUT2D eigenvalue weighted by molar-refractivity contribution is 5.93. The maximum absolute atomic E-state index is 13.1. The number of rotatable bonds is 6. The predicted molar refractivity (Wildman–Crippen MR) is 87.1 cm³/mol. The number of benzene rings is 2. The Morgan fingerprint density at radius 1 is 0.958 bits per heavy atom. The Morgan fingerprint density at radius 2 is 1.54 bits per heavy atom. The first-order chi connectivity index (χ1) is 11.5. The van der Waals surface area contributed by atoms with Crippen LogP contribution in [0.5, 0.6) is 0 Å². The van der Waals surface area contributed by atoms with Crippen molar-refractivity contribution in [2.45, 2.75) is 20.5 Å². The van der Waals surface area contributed by atoms with Gasteiger partial charge in [0.15, 0.2) is 0 Å². The summed E-state index contributed by atoms with van der Waals surface area (Å²) in [6, 6.07) is 11.9. The summed E-state index contributed by atoms with van der Waals surface area (Å²) in [7, 11) is 0. The smallest absolute Gasteiger partial charge is 0.338 e. The van der Waals surface area contributed by atoms with Crippen LogP contribution in [0.25, 0.3) is 0 Å². The zero-order valence-electron chi connectivity index (χ0n) is 13.6. The summed E-state index contributed by atoms with van der Waals surface area (Å²) in [5.74, 6) is -1.09. The monoisotopic (exact) mass is 330 g/mol. The maximum atomic E-state index is 13.1. The molecule has 2 rings (SSSR count). The maximum Gasteiger partial charge on any atom is 0.338 e. The fourth-order valence-electron chi connectivity index (χ4n) is 1.93. The van der Waals surface area contributed by atoms with Crippen molar-refractivity contribution in [2.75, 3.05) is 6.61 Å². The van der Waals surface area contributed by atoms with Gasteiger partial charge in [-0.05, 0) is 47.9 Å². The van der Waals surface area contributed by atoms with E-state index in [9.17, 15) is 14.0 Å². The van der Waals surface area contributed by atoms with E-state index in [4.69, 9.17) is 9.47 Å². The third-order valence-electron chi connectivity index (χ3n) is 3.16. The van der Waals surface area contributed by atoms with Gasteiger partial charge in [-0.1, -0.05) is 26.0 Å². The van der Waals surface area contributed by atoms with Gasteiger partial charge >= 0.3 is 11.9 Å². The first-order valence-electron chi connectivity index (χ1n) is 7.64. The van der Waals surface area contributed by atoms with E-state index in [1.165, 1.54) is 36.4 Å². The van der Waals surface area contributed by atoms with E-state index in [0.717, 1.165) is 0 Å². The quantitative estimate of drug-likeness (QED) is 0.751. The molecule has 0 spiro atoms. The Balaban J connectivity index is 1.92. The average Bonchev–Trinajstić information content (AvgIpc) is 2.57. The molecule has 0 bridgehead atoms. The Morgan fingerprint density at radius 3 is 2.08 bits per heavy atom. The second-order valence-corrected chi connectivity index (χ2v) is 5.78. The molecule has 0 heterocycles. The first kappa shape index (κ1) is 17.7. The van der Waals surface area contributed by atoms with Crippen LogP contribution in [0, 0.1) is 11.7 Å². The molecule has 5 heteroatoms. The summed E-state index contributed by atoms with van der Waals surface area (Å²) in [5.41, 5.74) is 1.25. The van der Waals surface area contributed by atoms with Crippen LogP contribution in [0.4, 0.5) is 4.39 Å². The van der Waals surface area contributed by atoms with Crippen LogP contribution in [0.1, 0.15) is 40.1 Å². The number of ether oxygens (including phenoxy) is 2. The molecule has 0 unspecified atom stereocenters. The summed E-state index contributed by atoms with van der Waals surface area (Å²) in [6.45, 7) is 4.22. The predicted octanol–water partition coefficient (Wildman–Crippen LogP) is 4.00. The van der Waals surface area contributed by atoms with Crippen LogP contribution in [-0.4, -0.2) is 18.5 Å². The molecule has 0 saturated heterocycles. The van der Waals surface area contributed by atoms with E-state index >= 15 is 0 Å². The van der Waals surface area contributed by atoms with E-state index in [1.54, 1.807) is 12.1 Å². The lowest BCUT2D eigenvalue weighted by Crippen LogP contribution is -2.11. The molecular weight excluding hydrogens is 311 g/mol. The van der Waals surface area contributed by atoms with E-state index in [1.807, 2.05) is 13.8 Å². The molecule has 0 aliphatic rings. The molecule has 0 saturated carbocycles. The number of esters is 2. The molecule has 24 heavy (non-hydrogen) atoms. The van der Waals surface area contributed by atoms with Crippen molar-refractivity contribution in [3.63, 3.8) is 0 Å².